The minimum Gasteiger partial charge on any atom is -0.756 e. The van der Waals surface area contributed by atoms with Gasteiger partial charge in [0.1, 0.15) is 13.2 Å². The molecule has 67 heavy (non-hydrogen) atoms. The number of allylic oxidation sites excluding steroid dienone is 15. The van der Waals surface area contributed by atoms with E-state index in [0.717, 1.165) is 77.0 Å². The van der Waals surface area contributed by atoms with Gasteiger partial charge < -0.3 is 28.8 Å². The molecule has 0 spiro atoms. The third-order valence-electron chi connectivity index (χ3n) is 11.5. The summed E-state index contributed by atoms with van der Waals surface area (Å²) in [6.07, 6.45) is 69.0. The van der Waals surface area contributed by atoms with Crippen molar-refractivity contribution in [1.82, 2.24) is 5.32 Å². The van der Waals surface area contributed by atoms with Crippen LogP contribution in [0.25, 0.3) is 0 Å². The number of amides is 1. The molecule has 2 N–H and O–H groups in total. The summed E-state index contributed by atoms with van der Waals surface area (Å²) in [5, 5.41) is 13.8. The van der Waals surface area contributed by atoms with E-state index in [1.165, 1.54) is 116 Å². The predicted molar refractivity (Wildman–Crippen MR) is 288 cm³/mol. The van der Waals surface area contributed by atoms with Crippen LogP contribution in [0.4, 0.5) is 0 Å². The molecule has 0 aliphatic heterocycles. The van der Waals surface area contributed by atoms with Gasteiger partial charge in [-0.05, 0) is 89.9 Å². The number of hydrogen-bond donors (Lipinski definition) is 2. The number of hydrogen-bond acceptors (Lipinski definition) is 6. The number of unbranched alkanes of at least 4 members (excludes halogenated alkanes) is 21. The fourth-order valence-electron chi connectivity index (χ4n) is 7.27. The van der Waals surface area contributed by atoms with Crippen molar-refractivity contribution in [1.29, 1.82) is 0 Å². The standard InChI is InChI=1S/C58H103N2O6P/c1-6-8-10-12-14-16-18-20-22-24-26-27-28-29-30-31-32-33-34-36-38-40-42-44-46-48-50-52-58(62)59-56(55-66-67(63,64)65-54-53-60(3,4)5)57(61)51-49-47-45-43-41-39-37-35-25-23-21-19-17-15-13-11-9-7-2/h8,10,14,16,20,22,25-27,29-30,35,41,43,49,51,56-57,61H,6-7,9,11-13,15,17-19,21,23-24,28,31-34,36-40,42,44-48,50,52-55H2,1-5H3,(H-,59,62,63,64)/b10-8-,16-14-,22-20-,27-26-,30-29-,35-25+,43-41+,51-49+. The lowest BCUT2D eigenvalue weighted by atomic mass is 10.0. The Labute approximate surface area is 413 Å². The Balaban J connectivity index is 4.31. The van der Waals surface area contributed by atoms with Crippen molar-refractivity contribution in [3.63, 3.8) is 0 Å². The monoisotopic (exact) mass is 955 g/mol. The van der Waals surface area contributed by atoms with Crippen LogP contribution in [-0.2, 0) is 18.4 Å². The number of quaternary nitrogens is 1. The highest BCUT2D eigenvalue weighted by atomic mass is 31.2. The van der Waals surface area contributed by atoms with Gasteiger partial charge >= 0.3 is 0 Å². The lowest BCUT2D eigenvalue weighted by Crippen LogP contribution is -2.45. The summed E-state index contributed by atoms with van der Waals surface area (Å²) >= 11 is 0. The van der Waals surface area contributed by atoms with Gasteiger partial charge in [0, 0.05) is 6.42 Å². The summed E-state index contributed by atoms with van der Waals surface area (Å²) in [5.41, 5.74) is 0. The van der Waals surface area contributed by atoms with Crippen molar-refractivity contribution in [3.05, 3.63) is 97.2 Å². The number of aliphatic hydroxyl groups is 1. The molecule has 0 heterocycles. The number of nitrogens with one attached hydrogen (secondary N) is 1. The van der Waals surface area contributed by atoms with E-state index >= 15 is 0 Å². The van der Waals surface area contributed by atoms with E-state index in [4.69, 9.17) is 9.05 Å². The maximum atomic E-state index is 12.9. The molecule has 0 aromatic rings. The van der Waals surface area contributed by atoms with Crippen LogP contribution in [0.2, 0.25) is 0 Å². The molecule has 3 atom stereocenters. The number of phosphoric acid groups is 1. The van der Waals surface area contributed by atoms with Gasteiger partial charge in [0.15, 0.2) is 0 Å². The maximum absolute atomic E-state index is 12.9. The molecule has 3 unspecified atom stereocenters. The smallest absolute Gasteiger partial charge is 0.268 e. The van der Waals surface area contributed by atoms with E-state index in [1.807, 2.05) is 27.2 Å². The van der Waals surface area contributed by atoms with Gasteiger partial charge in [0.2, 0.25) is 5.91 Å². The Bertz CT molecular complexity index is 1410. The molecular weight excluding hydrogens is 852 g/mol. The summed E-state index contributed by atoms with van der Waals surface area (Å²) in [6.45, 7) is 4.49. The highest BCUT2D eigenvalue weighted by Gasteiger charge is 2.23. The van der Waals surface area contributed by atoms with Crippen LogP contribution >= 0.6 is 7.82 Å². The quantitative estimate of drug-likeness (QED) is 0.0272. The molecule has 8 nitrogen and oxygen atoms in total. The summed E-state index contributed by atoms with van der Waals surface area (Å²) in [5.74, 6) is -0.219. The molecule has 0 fully saturated rings. The van der Waals surface area contributed by atoms with Crippen LogP contribution in [0.1, 0.15) is 213 Å². The third kappa shape index (κ3) is 51.1. The molecule has 9 heteroatoms. The van der Waals surface area contributed by atoms with Crippen LogP contribution in [0, 0.1) is 0 Å². The molecule has 0 aromatic carbocycles. The average Bonchev–Trinajstić information content (AvgIpc) is 3.29. The van der Waals surface area contributed by atoms with Crippen molar-refractivity contribution in [2.45, 2.75) is 225 Å². The van der Waals surface area contributed by atoms with Gasteiger partial charge in [0.05, 0.1) is 39.9 Å². The second-order valence-electron chi connectivity index (χ2n) is 19.2. The van der Waals surface area contributed by atoms with Gasteiger partial charge in [-0.1, -0.05) is 214 Å². The number of nitrogens with zero attached hydrogens (tertiary/aromatic N) is 1. The summed E-state index contributed by atoms with van der Waals surface area (Å²) in [7, 11) is 1.22. The van der Waals surface area contributed by atoms with Crippen molar-refractivity contribution in [2.24, 2.45) is 0 Å². The number of phosphoric ester groups is 1. The molecule has 386 valence electrons. The number of aliphatic hydroxyl groups excluding tert-OH is 1. The average molecular weight is 955 g/mol. The Morgan fingerprint density at radius 3 is 1.39 bits per heavy atom. The zero-order chi connectivity index (χ0) is 49.2. The molecule has 1 amide bonds. The highest BCUT2D eigenvalue weighted by Crippen LogP contribution is 2.38. The molecule has 0 aliphatic carbocycles. The normalized spacial score (nSPS) is 14.8. The molecule has 0 bridgehead atoms. The number of likely N-dealkylation sites (N-methyl/N-ethyl adjacent to an activating group) is 1. The molecular formula is C58H103N2O6P. The Kier molecular flexibility index (Phi) is 46.6. The van der Waals surface area contributed by atoms with E-state index in [0.29, 0.717) is 17.4 Å². The molecule has 0 saturated carbocycles. The first-order chi connectivity index (χ1) is 32.5. The Morgan fingerprint density at radius 1 is 0.537 bits per heavy atom. The zero-order valence-corrected chi connectivity index (χ0v) is 44.7. The molecule has 0 aromatic heterocycles. The minimum absolute atomic E-state index is 0.0140. The van der Waals surface area contributed by atoms with E-state index in [2.05, 4.69) is 104 Å². The lowest BCUT2D eigenvalue weighted by Gasteiger charge is -2.29. The van der Waals surface area contributed by atoms with E-state index < -0.39 is 26.6 Å². The van der Waals surface area contributed by atoms with Crippen molar-refractivity contribution < 1.29 is 32.9 Å². The second kappa shape index (κ2) is 48.4. The fraction of sp³-hybridized carbons (Fsp3) is 0.707. The largest absolute Gasteiger partial charge is 0.756 e. The van der Waals surface area contributed by atoms with Crippen LogP contribution in [-0.4, -0.2) is 68.5 Å². The predicted octanol–water partition coefficient (Wildman–Crippen LogP) is 15.6. The van der Waals surface area contributed by atoms with Gasteiger partial charge in [-0.25, -0.2) is 0 Å². The zero-order valence-electron chi connectivity index (χ0n) is 43.8. The molecule has 0 saturated heterocycles. The summed E-state index contributed by atoms with van der Waals surface area (Å²) in [4.78, 5) is 25.5. The van der Waals surface area contributed by atoms with Crippen LogP contribution in [0.3, 0.4) is 0 Å². The van der Waals surface area contributed by atoms with E-state index in [1.54, 1.807) is 6.08 Å². The first kappa shape index (κ1) is 64.4. The molecule has 0 aliphatic rings. The van der Waals surface area contributed by atoms with Crippen LogP contribution in [0.15, 0.2) is 97.2 Å². The SMILES string of the molecule is CC/C=C\C/C=C\C/C=C\C/C=C\C/C=C\CCCCCCCCCCCCCC(=O)NC(COP(=O)([O-])OCC[N+](C)(C)C)C(O)/C=C/CC/C=C/CC/C=C/CCCCCCCCCC. The van der Waals surface area contributed by atoms with Gasteiger partial charge in [-0.3, -0.25) is 9.36 Å². The van der Waals surface area contributed by atoms with E-state index in [-0.39, 0.29) is 12.5 Å². The third-order valence-corrected chi connectivity index (χ3v) is 12.5. The van der Waals surface area contributed by atoms with Crippen LogP contribution < -0.4 is 10.2 Å². The van der Waals surface area contributed by atoms with Gasteiger partial charge in [-0.2, -0.15) is 0 Å². The lowest BCUT2D eigenvalue weighted by molar-refractivity contribution is -0.870. The van der Waals surface area contributed by atoms with Crippen molar-refractivity contribution in [3.8, 4) is 0 Å². The van der Waals surface area contributed by atoms with Crippen LogP contribution in [0.5, 0.6) is 0 Å². The van der Waals surface area contributed by atoms with E-state index in [9.17, 15) is 19.4 Å². The minimum atomic E-state index is -4.61. The first-order valence-corrected chi connectivity index (χ1v) is 28.6. The van der Waals surface area contributed by atoms with Crippen molar-refractivity contribution in [2.75, 3.05) is 40.9 Å². The Morgan fingerprint density at radius 2 is 0.925 bits per heavy atom. The topological polar surface area (TPSA) is 108 Å². The number of rotatable bonds is 48. The summed E-state index contributed by atoms with van der Waals surface area (Å²) < 4.78 is 23.3. The molecule has 0 radical (unpaired) electrons. The Hall–Kier alpha value is -2.58. The maximum Gasteiger partial charge on any atom is 0.268 e. The number of carbonyl (C=O) groups excluding carboxylic acids is 1. The van der Waals surface area contributed by atoms with Gasteiger partial charge in [-0.15, -0.1) is 0 Å². The fourth-order valence-corrected chi connectivity index (χ4v) is 7.99. The number of carbonyl (C=O) groups is 1. The molecule has 0 rings (SSSR count). The second-order valence-corrected chi connectivity index (χ2v) is 20.6. The van der Waals surface area contributed by atoms with Crippen molar-refractivity contribution >= 4 is 13.7 Å². The highest BCUT2D eigenvalue weighted by molar-refractivity contribution is 7.45. The van der Waals surface area contributed by atoms with Gasteiger partial charge in [0.25, 0.3) is 7.82 Å². The first-order valence-electron chi connectivity index (χ1n) is 27.1. The summed E-state index contributed by atoms with van der Waals surface area (Å²) in [6, 6.07) is -0.917.